The second-order valence-electron chi connectivity index (χ2n) is 10.7. The fourth-order valence-corrected chi connectivity index (χ4v) is 6.66. The van der Waals surface area contributed by atoms with Crippen LogP contribution >= 0.6 is 12.2 Å². The minimum atomic E-state index is -0.826. The minimum Gasteiger partial charge on any atom is -0.393 e. The summed E-state index contributed by atoms with van der Waals surface area (Å²) in [5.74, 6) is -0.648. The zero-order valence-corrected chi connectivity index (χ0v) is 23.3. The molecule has 0 saturated carbocycles. The van der Waals surface area contributed by atoms with E-state index in [-0.39, 0.29) is 18.0 Å². The van der Waals surface area contributed by atoms with Gasteiger partial charge in [0, 0.05) is 42.0 Å². The van der Waals surface area contributed by atoms with Crippen molar-refractivity contribution in [2.45, 2.75) is 38.0 Å². The average Bonchev–Trinajstić information content (AvgIpc) is 3.36. The number of hydrogen-bond acceptors (Lipinski definition) is 4. The van der Waals surface area contributed by atoms with E-state index < -0.39 is 12.0 Å². The Balaban J connectivity index is 1.35. The molecule has 4 aromatic rings. The van der Waals surface area contributed by atoms with Crippen LogP contribution in [0.2, 0.25) is 0 Å². The number of nitriles is 1. The lowest BCUT2D eigenvalue weighted by atomic mass is 9.79. The quantitative estimate of drug-likeness (QED) is 0.302. The second-order valence-corrected chi connectivity index (χ2v) is 11.1. The van der Waals surface area contributed by atoms with E-state index in [1.165, 1.54) is 10.9 Å². The van der Waals surface area contributed by atoms with Crippen LogP contribution in [-0.2, 0) is 11.2 Å². The van der Waals surface area contributed by atoms with Gasteiger partial charge in [-0.2, -0.15) is 5.26 Å². The Morgan fingerprint density at radius 3 is 2.60 bits per heavy atom. The van der Waals surface area contributed by atoms with E-state index in [1.807, 2.05) is 35.0 Å². The van der Waals surface area contributed by atoms with E-state index in [0.29, 0.717) is 23.6 Å². The van der Waals surface area contributed by atoms with E-state index in [9.17, 15) is 9.90 Å². The molecule has 3 aromatic carbocycles. The number of aliphatic hydroxyl groups excluding tert-OH is 1. The van der Waals surface area contributed by atoms with Gasteiger partial charge in [0.25, 0.3) is 0 Å². The summed E-state index contributed by atoms with van der Waals surface area (Å²) in [7, 11) is 1.88. The van der Waals surface area contributed by atoms with Crippen molar-refractivity contribution in [3.8, 4) is 17.2 Å². The monoisotopic (exact) mass is 549 g/mol. The zero-order chi connectivity index (χ0) is 28.0. The van der Waals surface area contributed by atoms with Crippen LogP contribution in [0, 0.1) is 17.2 Å². The molecule has 202 valence electrons. The molecular formula is C32H31N5O2S. The summed E-state index contributed by atoms with van der Waals surface area (Å²) in [6, 6.07) is 25.5. The number of amides is 1. The number of benzene rings is 3. The average molecular weight is 550 g/mol. The Labute approximate surface area is 239 Å². The normalized spacial score (nSPS) is 20.8. The van der Waals surface area contributed by atoms with Crippen molar-refractivity contribution >= 4 is 39.8 Å². The van der Waals surface area contributed by atoms with Gasteiger partial charge in [0.1, 0.15) is 0 Å². The number of para-hydroxylation sites is 1. The lowest BCUT2D eigenvalue weighted by Crippen LogP contribution is -2.60. The number of aliphatic hydroxyl groups is 1. The molecule has 1 fully saturated rings. The zero-order valence-electron chi connectivity index (χ0n) is 22.5. The van der Waals surface area contributed by atoms with Crippen molar-refractivity contribution < 1.29 is 9.90 Å². The maximum Gasteiger partial charge on any atom is 0.230 e. The predicted octanol–water partition coefficient (Wildman–Crippen LogP) is 5.23. The van der Waals surface area contributed by atoms with Crippen LogP contribution in [-0.4, -0.2) is 56.6 Å². The van der Waals surface area contributed by atoms with E-state index >= 15 is 0 Å². The number of carbonyl (C=O) groups is 1. The Kier molecular flexibility index (Phi) is 6.78. The van der Waals surface area contributed by atoms with Crippen molar-refractivity contribution in [1.82, 2.24) is 14.8 Å². The first kappa shape index (κ1) is 26.1. The van der Waals surface area contributed by atoms with Crippen molar-refractivity contribution in [3.63, 3.8) is 0 Å². The summed E-state index contributed by atoms with van der Waals surface area (Å²) in [6.45, 7) is 2.30. The third-order valence-corrected chi connectivity index (χ3v) is 8.81. The number of aromatic amines is 1. The first-order chi connectivity index (χ1) is 19.4. The Morgan fingerprint density at radius 2 is 1.90 bits per heavy atom. The van der Waals surface area contributed by atoms with Crippen LogP contribution in [0.25, 0.3) is 22.0 Å². The molecule has 4 atom stereocenters. The van der Waals surface area contributed by atoms with Crippen molar-refractivity contribution in [3.05, 3.63) is 89.6 Å². The molecule has 0 bridgehead atoms. The van der Waals surface area contributed by atoms with Gasteiger partial charge >= 0.3 is 0 Å². The molecule has 40 heavy (non-hydrogen) atoms. The number of hydrogen-bond donors (Lipinski definition) is 3. The molecule has 1 amide bonds. The largest absolute Gasteiger partial charge is 0.393 e. The molecule has 1 saturated heterocycles. The summed E-state index contributed by atoms with van der Waals surface area (Å²) < 4.78 is 0. The fraction of sp³-hybridized carbons (Fsp3) is 0.281. The first-order valence-electron chi connectivity index (χ1n) is 13.6. The number of aromatic nitrogens is 1. The number of nitrogens with zero attached hydrogens (tertiary/aromatic N) is 3. The predicted molar refractivity (Wildman–Crippen MR) is 161 cm³/mol. The molecular weight excluding hydrogens is 518 g/mol. The number of thiocarbonyl (C=S) groups is 1. The molecule has 0 unspecified atom stereocenters. The Bertz CT molecular complexity index is 1620. The van der Waals surface area contributed by atoms with Gasteiger partial charge in [0.2, 0.25) is 5.91 Å². The number of carbonyl (C=O) groups excluding carboxylic acids is 1. The highest BCUT2D eigenvalue weighted by molar-refractivity contribution is 7.80. The Hall–Kier alpha value is -4.19. The molecule has 3 N–H and O–H groups in total. The van der Waals surface area contributed by atoms with Gasteiger partial charge in [-0.3, -0.25) is 4.79 Å². The van der Waals surface area contributed by atoms with Gasteiger partial charge in [-0.25, -0.2) is 0 Å². The lowest BCUT2D eigenvalue weighted by molar-refractivity contribution is -0.151. The van der Waals surface area contributed by atoms with Crippen molar-refractivity contribution in [2.75, 3.05) is 18.9 Å². The van der Waals surface area contributed by atoms with Crippen LogP contribution in [0.4, 0.5) is 5.69 Å². The van der Waals surface area contributed by atoms with E-state index in [1.54, 1.807) is 31.2 Å². The number of piperidine rings is 1. The molecule has 2 aliphatic rings. The number of fused-ring (bicyclic) bond motifs is 5. The third-order valence-electron chi connectivity index (χ3n) is 8.42. The molecule has 7 nitrogen and oxygen atoms in total. The number of rotatable bonds is 4. The van der Waals surface area contributed by atoms with Gasteiger partial charge in [-0.1, -0.05) is 48.5 Å². The third kappa shape index (κ3) is 4.41. The molecule has 2 aliphatic heterocycles. The van der Waals surface area contributed by atoms with Crippen LogP contribution in [0.3, 0.4) is 0 Å². The lowest BCUT2D eigenvalue weighted by Gasteiger charge is -2.49. The van der Waals surface area contributed by atoms with Crippen LogP contribution in [0.5, 0.6) is 0 Å². The van der Waals surface area contributed by atoms with Crippen molar-refractivity contribution in [2.24, 2.45) is 5.92 Å². The second kappa shape index (κ2) is 10.4. The van der Waals surface area contributed by atoms with Gasteiger partial charge in [-0.05, 0) is 67.4 Å². The van der Waals surface area contributed by atoms with Crippen LogP contribution in [0.15, 0.2) is 72.8 Å². The van der Waals surface area contributed by atoms with Gasteiger partial charge in [-0.15, -0.1) is 0 Å². The standard InChI is InChI=1S/C32H31N5O2S/c1-19(38)28-26(36(2)32(40)34-22-13-11-20(18-33)12-14-22)17-27-30-25(15-16-37(27)31(28)39)24-10-6-9-23(29(24)35-30)21-7-4-3-5-8-21/h3-14,19,26-28,35,38H,15-17H2,1-2H3,(H,34,40)/t19-,26-,27-,28-/m0/s1. The Morgan fingerprint density at radius 1 is 1.15 bits per heavy atom. The highest BCUT2D eigenvalue weighted by Gasteiger charge is 2.48. The summed E-state index contributed by atoms with van der Waals surface area (Å²) in [5, 5.41) is 24.8. The number of anilines is 1. The van der Waals surface area contributed by atoms with E-state index in [2.05, 4.69) is 46.7 Å². The topological polar surface area (TPSA) is 95.4 Å². The van der Waals surface area contributed by atoms with E-state index in [0.717, 1.165) is 34.4 Å². The van der Waals surface area contributed by atoms with Crippen LogP contribution < -0.4 is 5.32 Å². The maximum absolute atomic E-state index is 13.9. The summed E-state index contributed by atoms with van der Waals surface area (Å²) in [6.07, 6.45) is 0.571. The fourth-order valence-electron chi connectivity index (χ4n) is 6.41. The molecule has 0 radical (unpaired) electrons. The van der Waals surface area contributed by atoms with Gasteiger partial charge < -0.3 is 25.2 Å². The van der Waals surface area contributed by atoms with Gasteiger partial charge in [0.15, 0.2) is 5.11 Å². The van der Waals surface area contributed by atoms with Crippen LogP contribution in [0.1, 0.15) is 36.2 Å². The maximum atomic E-state index is 13.9. The smallest absolute Gasteiger partial charge is 0.230 e. The molecule has 6 rings (SSSR count). The highest BCUT2D eigenvalue weighted by Crippen LogP contribution is 2.44. The number of nitrogens with one attached hydrogen (secondary N) is 2. The summed E-state index contributed by atoms with van der Waals surface area (Å²) in [4.78, 5) is 21.5. The van der Waals surface area contributed by atoms with Crippen molar-refractivity contribution in [1.29, 1.82) is 5.26 Å². The summed E-state index contributed by atoms with van der Waals surface area (Å²) in [5.41, 5.74) is 7.05. The molecule has 0 aliphatic carbocycles. The van der Waals surface area contributed by atoms with E-state index in [4.69, 9.17) is 17.5 Å². The SMILES string of the molecule is C[C@H](O)[C@@H]1C(=O)N2CCc3c([nH]c4c(-c5ccccc5)cccc34)[C@@H]2C[C@@H]1N(C)C(=S)Nc1ccc(C#N)cc1. The first-order valence-corrected chi connectivity index (χ1v) is 14.0. The molecule has 1 aromatic heterocycles. The summed E-state index contributed by atoms with van der Waals surface area (Å²) >= 11 is 5.76. The highest BCUT2D eigenvalue weighted by atomic mass is 32.1. The molecule has 0 spiro atoms. The number of H-pyrrole nitrogens is 1. The van der Waals surface area contributed by atoms with Gasteiger partial charge in [0.05, 0.1) is 35.2 Å². The minimum absolute atomic E-state index is 0.0446. The molecule has 8 heteroatoms. The molecule has 3 heterocycles.